The molecular formula is C12H19ClN2O4S2. The summed E-state index contributed by atoms with van der Waals surface area (Å²) in [6.45, 7) is 1.61. The van der Waals surface area contributed by atoms with Crippen LogP contribution in [0.25, 0.3) is 0 Å². The third-order valence-corrected chi connectivity index (χ3v) is 6.46. The summed E-state index contributed by atoms with van der Waals surface area (Å²) in [7, 11) is -0.847. The van der Waals surface area contributed by atoms with Crippen LogP contribution in [0.3, 0.4) is 0 Å². The Bertz CT molecular complexity index is 582. The normalized spacial score (nSPS) is 16.5. The van der Waals surface area contributed by atoms with Crippen molar-refractivity contribution in [2.75, 3.05) is 27.2 Å². The van der Waals surface area contributed by atoms with Crippen LogP contribution >= 0.6 is 23.7 Å². The number of piperidine rings is 1. The maximum Gasteiger partial charge on any atom is 0.349 e. The fourth-order valence-corrected chi connectivity index (χ4v) is 4.99. The molecule has 0 spiro atoms. The van der Waals surface area contributed by atoms with E-state index in [0.29, 0.717) is 0 Å². The lowest BCUT2D eigenvalue weighted by atomic mass is 10.1. The lowest BCUT2D eigenvalue weighted by Gasteiger charge is -2.30. The molecule has 2 rings (SSSR count). The highest BCUT2D eigenvalue weighted by Crippen LogP contribution is 2.27. The monoisotopic (exact) mass is 354 g/mol. The fraction of sp³-hybridized carbons (Fsp3) is 0.583. The highest BCUT2D eigenvalue weighted by molar-refractivity contribution is 7.89. The van der Waals surface area contributed by atoms with Gasteiger partial charge in [0.1, 0.15) is 9.77 Å². The number of thiophene rings is 1. The number of carbonyl (C=O) groups is 1. The summed E-state index contributed by atoms with van der Waals surface area (Å²) in [4.78, 5) is 11.8. The van der Waals surface area contributed by atoms with Crippen LogP contribution in [0, 0.1) is 0 Å². The number of halogens is 1. The van der Waals surface area contributed by atoms with Gasteiger partial charge >= 0.3 is 5.97 Å². The predicted octanol–water partition coefficient (Wildman–Crippen LogP) is 1.33. The van der Waals surface area contributed by atoms with E-state index in [0.717, 1.165) is 37.3 Å². The number of hydrogen-bond acceptors (Lipinski definition) is 6. The summed E-state index contributed by atoms with van der Waals surface area (Å²) < 4.78 is 31.3. The standard InChI is InChI=1S/C12H18N2O4S2.ClH/c1-14(9-3-6-13-7-4-9)20(16,17)10-5-8-19-11(10)12(15)18-2;/h5,8-9,13H,3-4,6-7H2,1-2H3;1H. The highest BCUT2D eigenvalue weighted by atomic mass is 35.5. The van der Waals surface area contributed by atoms with Gasteiger partial charge in [-0.15, -0.1) is 23.7 Å². The second kappa shape index (κ2) is 7.55. The molecule has 1 aliphatic rings. The summed E-state index contributed by atoms with van der Waals surface area (Å²) in [6, 6.07) is 1.43. The van der Waals surface area contributed by atoms with E-state index in [1.807, 2.05) is 0 Å². The van der Waals surface area contributed by atoms with Crippen LogP contribution in [-0.2, 0) is 14.8 Å². The molecule has 0 aliphatic carbocycles. The number of nitrogens with zero attached hydrogens (tertiary/aromatic N) is 1. The van der Waals surface area contributed by atoms with E-state index < -0.39 is 16.0 Å². The Morgan fingerprint density at radius 2 is 2.05 bits per heavy atom. The van der Waals surface area contributed by atoms with Crippen molar-refractivity contribution in [1.82, 2.24) is 9.62 Å². The first-order valence-corrected chi connectivity index (χ1v) is 8.65. The smallest absolute Gasteiger partial charge is 0.349 e. The van der Waals surface area contributed by atoms with Crippen LogP contribution in [0.5, 0.6) is 0 Å². The number of ether oxygens (including phenoxy) is 1. The number of esters is 1. The zero-order chi connectivity index (χ0) is 14.8. The topological polar surface area (TPSA) is 75.7 Å². The number of carbonyl (C=O) groups excluding carboxylic acids is 1. The van der Waals surface area contributed by atoms with Gasteiger partial charge in [-0.3, -0.25) is 0 Å². The molecule has 1 aliphatic heterocycles. The molecule has 120 valence electrons. The Morgan fingerprint density at radius 1 is 1.43 bits per heavy atom. The van der Waals surface area contributed by atoms with Crippen LogP contribution in [0.15, 0.2) is 16.3 Å². The van der Waals surface area contributed by atoms with E-state index in [1.165, 1.54) is 17.5 Å². The number of nitrogens with one attached hydrogen (secondary N) is 1. The van der Waals surface area contributed by atoms with Crippen LogP contribution in [0.4, 0.5) is 0 Å². The van der Waals surface area contributed by atoms with Crippen molar-refractivity contribution in [3.63, 3.8) is 0 Å². The van der Waals surface area contributed by atoms with Crippen molar-refractivity contribution in [2.24, 2.45) is 0 Å². The summed E-state index contributed by atoms with van der Waals surface area (Å²) in [5.74, 6) is -0.614. The van der Waals surface area contributed by atoms with Crippen LogP contribution in [0.1, 0.15) is 22.5 Å². The van der Waals surface area contributed by atoms with Crippen molar-refractivity contribution in [3.05, 3.63) is 16.3 Å². The summed E-state index contributed by atoms with van der Waals surface area (Å²) in [5.41, 5.74) is 0. The maximum absolute atomic E-state index is 12.6. The van der Waals surface area contributed by atoms with Crippen LogP contribution < -0.4 is 5.32 Å². The largest absolute Gasteiger partial charge is 0.465 e. The Morgan fingerprint density at radius 3 is 2.62 bits per heavy atom. The van der Waals surface area contributed by atoms with Crippen molar-refractivity contribution in [3.8, 4) is 0 Å². The number of rotatable bonds is 4. The molecule has 21 heavy (non-hydrogen) atoms. The van der Waals surface area contributed by atoms with Crippen molar-refractivity contribution < 1.29 is 17.9 Å². The maximum atomic E-state index is 12.6. The first-order valence-electron chi connectivity index (χ1n) is 6.33. The molecule has 9 heteroatoms. The molecule has 1 saturated heterocycles. The van der Waals surface area contributed by atoms with E-state index in [2.05, 4.69) is 10.1 Å². The molecule has 0 saturated carbocycles. The van der Waals surface area contributed by atoms with Gasteiger partial charge < -0.3 is 10.1 Å². The van der Waals surface area contributed by atoms with Gasteiger partial charge in [-0.2, -0.15) is 4.31 Å². The van der Waals surface area contributed by atoms with E-state index >= 15 is 0 Å². The minimum atomic E-state index is -3.67. The van der Waals surface area contributed by atoms with Gasteiger partial charge in [0.15, 0.2) is 0 Å². The highest BCUT2D eigenvalue weighted by Gasteiger charge is 2.33. The molecule has 2 heterocycles. The summed E-state index contributed by atoms with van der Waals surface area (Å²) >= 11 is 1.08. The van der Waals surface area contributed by atoms with Gasteiger partial charge in [-0.25, -0.2) is 13.2 Å². The molecule has 1 N–H and O–H groups in total. The molecular weight excluding hydrogens is 336 g/mol. The third kappa shape index (κ3) is 3.75. The second-order valence-corrected chi connectivity index (χ2v) is 7.49. The molecule has 6 nitrogen and oxygen atoms in total. The van der Waals surface area contributed by atoms with Gasteiger partial charge in [0, 0.05) is 13.1 Å². The lowest BCUT2D eigenvalue weighted by Crippen LogP contribution is -2.44. The molecule has 1 aromatic heterocycles. The Balaban J connectivity index is 0.00000220. The third-order valence-electron chi connectivity index (χ3n) is 3.48. The quantitative estimate of drug-likeness (QED) is 0.825. The van der Waals surface area contributed by atoms with E-state index in [1.54, 1.807) is 12.4 Å². The average molecular weight is 355 g/mol. The molecule has 0 aromatic carbocycles. The molecule has 1 aromatic rings. The van der Waals surface area contributed by atoms with Gasteiger partial charge in [-0.1, -0.05) is 0 Å². The Labute approximate surface area is 134 Å². The van der Waals surface area contributed by atoms with Gasteiger partial charge in [0.2, 0.25) is 10.0 Å². The Kier molecular flexibility index (Phi) is 6.61. The minimum Gasteiger partial charge on any atom is -0.465 e. The van der Waals surface area contributed by atoms with Gasteiger partial charge in [0.25, 0.3) is 0 Å². The van der Waals surface area contributed by atoms with E-state index in [-0.39, 0.29) is 28.2 Å². The average Bonchev–Trinajstić information content (AvgIpc) is 2.96. The SMILES string of the molecule is COC(=O)c1sccc1S(=O)(=O)N(C)C1CCNCC1.Cl. The molecule has 0 atom stereocenters. The zero-order valence-corrected chi connectivity index (χ0v) is 14.3. The van der Waals surface area contributed by atoms with Crippen LogP contribution in [0.2, 0.25) is 0 Å². The number of hydrogen-bond donors (Lipinski definition) is 1. The predicted molar refractivity (Wildman–Crippen MR) is 83.7 cm³/mol. The van der Waals surface area contributed by atoms with Gasteiger partial charge in [-0.05, 0) is 37.4 Å². The molecule has 0 bridgehead atoms. The second-order valence-electron chi connectivity index (χ2n) is 4.61. The zero-order valence-electron chi connectivity index (χ0n) is 11.9. The molecule has 0 radical (unpaired) electrons. The van der Waals surface area contributed by atoms with E-state index in [9.17, 15) is 13.2 Å². The van der Waals surface area contributed by atoms with Crippen LogP contribution in [-0.4, -0.2) is 52.0 Å². The number of sulfonamides is 1. The molecule has 0 amide bonds. The number of methoxy groups -OCH3 is 1. The molecule has 1 fully saturated rings. The lowest BCUT2D eigenvalue weighted by molar-refractivity contribution is 0.0602. The first kappa shape index (κ1) is 18.4. The van der Waals surface area contributed by atoms with E-state index in [4.69, 9.17) is 0 Å². The fourth-order valence-electron chi connectivity index (χ4n) is 2.26. The van der Waals surface area contributed by atoms with Crippen molar-refractivity contribution in [2.45, 2.75) is 23.8 Å². The van der Waals surface area contributed by atoms with Crippen molar-refractivity contribution >= 4 is 39.7 Å². The van der Waals surface area contributed by atoms with Gasteiger partial charge in [0.05, 0.1) is 7.11 Å². The minimum absolute atomic E-state index is 0. The summed E-state index contributed by atoms with van der Waals surface area (Å²) in [5, 5.41) is 4.79. The van der Waals surface area contributed by atoms with Crippen molar-refractivity contribution in [1.29, 1.82) is 0 Å². The Hall–Kier alpha value is -0.670. The molecule has 0 unspecified atom stereocenters. The summed E-state index contributed by atoms with van der Waals surface area (Å²) in [6.07, 6.45) is 1.54. The first-order chi connectivity index (χ1) is 9.48.